The maximum atomic E-state index is 13.6. The lowest BCUT2D eigenvalue weighted by Gasteiger charge is -2.42. The van der Waals surface area contributed by atoms with Crippen LogP contribution in [0.25, 0.3) is 0 Å². The summed E-state index contributed by atoms with van der Waals surface area (Å²) in [5.41, 5.74) is -0.0829. The number of nitro groups is 1. The van der Waals surface area contributed by atoms with Gasteiger partial charge in [0, 0.05) is 12.6 Å². The minimum Gasteiger partial charge on any atom is -0.465 e. The highest BCUT2D eigenvalue weighted by molar-refractivity contribution is 7.89. The predicted molar refractivity (Wildman–Crippen MR) is 137 cm³/mol. The first-order chi connectivity index (χ1) is 16.5. The van der Waals surface area contributed by atoms with E-state index in [9.17, 15) is 28.4 Å². The van der Waals surface area contributed by atoms with Crippen LogP contribution in [0.4, 0.5) is 10.5 Å². The predicted octanol–water partition coefficient (Wildman–Crippen LogP) is 4.40. The molecule has 0 spiro atoms. The Hall–Kier alpha value is -2.58. The van der Waals surface area contributed by atoms with Crippen molar-refractivity contribution < 1.29 is 32.5 Å². The highest BCUT2D eigenvalue weighted by Gasteiger charge is 2.43. The number of rotatable bonds is 10. The van der Waals surface area contributed by atoms with Crippen molar-refractivity contribution >= 4 is 30.1 Å². The van der Waals surface area contributed by atoms with E-state index in [1.807, 2.05) is 0 Å². The number of sulfonamides is 1. The van der Waals surface area contributed by atoms with E-state index in [2.05, 4.69) is 40.4 Å². The van der Waals surface area contributed by atoms with Crippen molar-refractivity contribution in [2.24, 2.45) is 0 Å². The Morgan fingerprint density at radius 3 is 2.50 bits per heavy atom. The van der Waals surface area contributed by atoms with Gasteiger partial charge in [-0.3, -0.25) is 19.9 Å². The van der Waals surface area contributed by atoms with Gasteiger partial charge in [-0.05, 0) is 31.1 Å². The topological polar surface area (TPSA) is 140 Å². The monoisotopic (exact) mass is 541 g/mol. The van der Waals surface area contributed by atoms with Crippen LogP contribution < -0.4 is 0 Å². The third-order valence-corrected chi connectivity index (χ3v) is 12.8. The summed E-state index contributed by atoms with van der Waals surface area (Å²) in [5.74, 6) is 0. The quantitative estimate of drug-likeness (QED) is 0.199. The average Bonchev–Trinajstić information content (AvgIpc) is 2.77. The SMILES string of the molecule is C=CCON([C@H]1CN(C(=O)O)[C@H](CO[Si](C)(C)C(C)(C)C)C=C1C)S(=O)(=O)c1ccccc1[N+](=O)[O-]. The van der Waals surface area contributed by atoms with Crippen LogP contribution in [0.2, 0.25) is 18.1 Å². The highest BCUT2D eigenvalue weighted by atomic mass is 32.2. The fourth-order valence-corrected chi connectivity index (χ4v) is 6.09. The standard InChI is InChI=1S/C23H35N3O8SSi/c1-8-13-33-26(35(31,32)21-12-10-9-11-19(21)25(29)30)20-15-24(22(27)28)18(14-17(20)2)16-34-36(6,7)23(3,4)5/h8-12,14,18,20H,1,13,15-16H2,2-7H3,(H,27,28)/t18-,20-/m0/s1. The number of hydrogen-bond donors (Lipinski definition) is 1. The number of hydroxylamine groups is 1. The van der Waals surface area contributed by atoms with E-state index in [4.69, 9.17) is 9.26 Å². The summed E-state index contributed by atoms with van der Waals surface area (Å²) < 4.78 is 34.0. The van der Waals surface area contributed by atoms with Crippen molar-refractivity contribution in [2.75, 3.05) is 19.8 Å². The van der Waals surface area contributed by atoms with Crippen molar-refractivity contribution in [3.05, 3.63) is 58.7 Å². The number of nitro benzene ring substituents is 1. The molecule has 0 bridgehead atoms. The van der Waals surface area contributed by atoms with Crippen LogP contribution in [0, 0.1) is 10.1 Å². The molecule has 1 aliphatic rings. The van der Waals surface area contributed by atoms with Crippen molar-refractivity contribution in [3.63, 3.8) is 0 Å². The van der Waals surface area contributed by atoms with Crippen LogP contribution in [-0.4, -0.2) is 74.1 Å². The summed E-state index contributed by atoms with van der Waals surface area (Å²) in [4.78, 5) is 28.9. The zero-order chi connectivity index (χ0) is 27.5. The summed E-state index contributed by atoms with van der Waals surface area (Å²) >= 11 is 0. The van der Waals surface area contributed by atoms with Gasteiger partial charge in [0.1, 0.15) is 0 Å². The van der Waals surface area contributed by atoms with Gasteiger partial charge in [0.25, 0.3) is 15.7 Å². The van der Waals surface area contributed by atoms with Crippen LogP contribution in [-0.2, 0) is 19.3 Å². The van der Waals surface area contributed by atoms with E-state index in [1.54, 1.807) is 13.0 Å². The molecule has 1 heterocycles. The molecule has 13 heteroatoms. The fraction of sp³-hybridized carbons (Fsp3) is 0.522. The number of nitrogens with zero attached hydrogens (tertiary/aromatic N) is 3. The number of hydrogen-bond acceptors (Lipinski definition) is 7. The Morgan fingerprint density at radius 2 is 1.97 bits per heavy atom. The molecule has 0 saturated heterocycles. The third kappa shape index (κ3) is 6.40. The molecule has 0 fully saturated rings. The molecule has 0 radical (unpaired) electrons. The summed E-state index contributed by atoms with van der Waals surface area (Å²) in [6.07, 6.45) is 1.72. The van der Waals surface area contributed by atoms with E-state index < -0.39 is 52.0 Å². The molecule has 1 amide bonds. The molecule has 36 heavy (non-hydrogen) atoms. The first kappa shape index (κ1) is 29.6. The van der Waals surface area contributed by atoms with Crippen molar-refractivity contribution in [3.8, 4) is 0 Å². The molecule has 2 rings (SSSR count). The van der Waals surface area contributed by atoms with Crippen LogP contribution in [0.1, 0.15) is 27.7 Å². The van der Waals surface area contributed by atoms with Gasteiger partial charge >= 0.3 is 6.09 Å². The van der Waals surface area contributed by atoms with Crippen molar-refractivity contribution in [2.45, 2.75) is 62.8 Å². The van der Waals surface area contributed by atoms with Gasteiger partial charge in [-0.2, -0.15) is 0 Å². The highest BCUT2D eigenvalue weighted by Crippen LogP contribution is 2.37. The molecule has 1 aromatic rings. The lowest BCUT2D eigenvalue weighted by molar-refractivity contribution is -0.388. The molecule has 11 nitrogen and oxygen atoms in total. The lowest BCUT2D eigenvalue weighted by atomic mass is 10.0. The van der Waals surface area contributed by atoms with Crippen molar-refractivity contribution in [1.29, 1.82) is 0 Å². The van der Waals surface area contributed by atoms with E-state index in [0.717, 1.165) is 17.0 Å². The van der Waals surface area contributed by atoms with E-state index >= 15 is 0 Å². The molecule has 0 aromatic heterocycles. The van der Waals surface area contributed by atoms with Gasteiger partial charge in [0.2, 0.25) is 0 Å². The van der Waals surface area contributed by atoms with Crippen LogP contribution >= 0.6 is 0 Å². The van der Waals surface area contributed by atoms with Gasteiger partial charge in [-0.25, -0.2) is 13.2 Å². The smallest absolute Gasteiger partial charge is 0.407 e. The largest absolute Gasteiger partial charge is 0.465 e. The second-order valence-corrected chi connectivity index (χ2v) is 16.6. The zero-order valence-electron chi connectivity index (χ0n) is 21.5. The maximum absolute atomic E-state index is 13.6. The molecule has 0 unspecified atom stereocenters. The van der Waals surface area contributed by atoms with Crippen LogP contribution in [0.3, 0.4) is 0 Å². The number of para-hydroxylation sites is 1. The molecular weight excluding hydrogens is 506 g/mol. The Morgan fingerprint density at radius 1 is 1.36 bits per heavy atom. The van der Waals surface area contributed by atoms with Gasteiger partial charge in [0.05, 0.1) is 30.2 Å². The Kier molecular flexibility index (Phi) is 9.23. The first-order valence-corrected chi connectivity index (χ1v) is 15.7. The van der Waals surface area contributed by atoms with Gasteiger partial charge in [-0.15, -0.1) is 6.58 Å². The van der Waals surface area contributed by atoms with Crippen LogP contribution in [0.15, 0.2) is 53.5 Å². The minimum atomic E-state index is -4.57. The second-order valence-electron chi connectivity index (χ2n) is 10.1. The Labute approximate surface area is 213 Å². The normalized spacial score (nSPS) is 19.2. The molecule has 1 aromatic carbocycles. The molecule has 0 aliphatic carbocycles. The molecule has 2 atom stereocenters. The fourth-order valence-electron chi connectivity index (χ4n) is 3.45. The lowest BCUT2D eigenvalue weighted by Crippen LogP contribution is -2.56. The Balaban J connectivity index is 2.50. The summed E-state index contributed by atoms with van der Waals surface area (Å²) in [6, 6.07) is 3.23. The molecule has 0 saturated carbocycles. The van der Waals surface area contributed by atoms with E-state index in [-0.39, 0.29) is 24.8 Å². The van der Waals surface area contributed by atoms with E-state index in [1.165, 1.54) is 18.2 Å². The summed E-state index contributed by atoms with van der Waals surface area (Å²) in [7, 11) is -6.74. The van der Waals surface area contributed by atoms with Crippen LogP contribution in [0.5, 0.6) is 0 Å². The molecule has 200 valence electrons. The number of carboxylic acid groups (broad SMARTS) is 1. The summed E-state index contributed by atoms with van der Waals surface area (Å²) in [6.45, 7) is 15.2. The van der Waals surface area contributed by atoms with E-state index in [0.29, 0.717) is 10.0 Å². The number of benzene rings is 1. The van der Waals surface area contributed by atoms with Gasteiger partial charge < -0.3 is 9.53 Å². The Bertz CT molecular complexity index is 1130. The third-order valence-electron chi connectivity index (χ3n) is 6.57. The molecular formula is C23H35N3O8SSi. The zero-order valence-corrected chi connectivity index (χ0v) is 23.3. The van der Waals surface area contributed by atoms with Gasteiger partial charge in [-0.1, -0.05) is 55.1 Å². The molecule has 1 aliphatic heterocycles. The minimum absolute atomic E-state index is 0.0786. The van der Waals surface area contributed by atoms with Crippen molar-refractivity contribution in [1.82, 2.24) is 9.37 Å². The number of amides is 1. The van der Waals surface area contributed by atoms with Gasteiger partial charge in [0.15, 0.2) is 13.2 Å². The maximum Gasteiger partial charge on any atom is 0.407 e. The second kappa shape index (κ2) is 11.2. The molecule has 1 N–H and O–H groups in total. The first-order valence-electron chi connectivity index (χ1n) is 11.4. The average molecular weight is 542 g/mol. The number of carbonyl (C=O) groups is 1. The summed E-state index contributed by atoms with van der Waals surface area (Å²) in [5, 5.41) is 21.4.